The first kappa shape index (κ1) is 26.5. The predicted molar refractivity (Wildman–Crippen MR) is 79.4 cm³/mol. The molecule has 0 atom stereocenters. The second-order valence-electron chi connectivity index (χ2n) is 5.09. The van der Waals surface area contributed by atoms with Gasteiger partial charge in [-0.3, -0.25) is 4.79 Å². The van der Waals surface area contributed by atoms with E-state index in [0.29, 0.717) is 6.42 Å². The van der Waals surface area contributed by atoms with Gasteiger partial charge in [-0.1, -0.05) is 65.2 Å². The molecule has 0 rings (SSSR count). The zero-order valence-electron chi connectivity index (χ0n) is 14.2. The van der Waals surface area contributed by atoms with Crippen molar-refractivity contribution in [2.24, 2.45) is 0 Å². The Hall–Kier alpha value is 0.576. The number of carbonyl (C=O) groups is 2. The number of rotatable bonds is 12. The molecule has 0 aromatic heterocycles. The summed E-state index contributed by atoms with van der Waals surface area (Å²) in [5.74, 6) is -1.59. The van der Waals surface area contributed by atoms with Crippen molar-refractivity contribution in [3.8, 4) is 0 Å². The summed E-state index contributed by atoms with van der Waals surface area (Å²) in [6.07, 6.45) is 11.5. The Morgan fingerprint density at radius 3 is 1.48 bits per heavy atom. The van der Waals surface area contributed by atoms with E-state index >= 15 is 0 Å². The Labute approximate surface area is 172 Å². The Bertz CT molecular complexity index is 208. The molecule has 0 fully saturated rings. The summed E-state index contributed by atoms with van der Waals surface area (Å²) in [6.45, 7) is 4.29. The van der Waals surface area contributed by atoms with Crippen LogP contribution in [0.3, 0.4) is 0 Å². The molecule has 0 aromatic rings. The second kappa shape index (κ2) is 22.9. The smallest absolute Gasteiger partial charge is 0.550 e. The molecule has 21 heavy (non-hydrogen) atoms. The van der Waals surface area contributed by atoms with Crippen molar-refractivity contribution in [1.82, 2.24) is 0 Å². The van der Waals surface area contributed by atoms with Crippen LogP contribution in [-0.2, 0) is 9.59 Å². The van der Waals surface area contributed by atoms with E-state index in [4.69, 9.17) is 5.11 Å². The van der Waals surface area contributed by atoms with Crippen molar-refractivity contribution in [2.45, 2.75) is 90.9 Å². The summed E-state index contributed by atoms with van der Waals surface area (Å²) < 4.78 is 0. The van der Waals surface area contributed by atoms with Gasteiger partial charge in [-0.25, -0.2) is 0 Å². The summed E-state index contributed by atoms with van der Waals surface area (Å²) in [5, 5.41) is 18.2. The SMILES string of the molecule is CCCCCCCC(=O)O.CCCCCCCC(=O)[O-].[K+]. The van der Waals surface area contributed by atoms with Crippen LogP contribution >= 0.6 is 0 Å². The van der Waals surface area contributed by atoms with Crippen molar-refractivity contribution < 1.29 is 71.2 Å². The van der Waals surface area contributed by atoms with Crippen LogP contribution in [0.2, 0.25) is 0 Å². The van der Waals surface area contributed by atoms with Crippen LogP contribution in [0, 0.1) is 0 Å². The summed E-state index contributed by atoms with van der Waals surface area (Å²) in [4.78, 5) is 20.0. The Balaban J connectivity index is -0.000000295. The van der Waals surface area contributed by atoms with Gasteiger partial charge in [0, 0.05) is 12.4 Å². The van der Waals surface area contributed by atoms with Gasteiger partial charge in [-0.2, -0.15) is 0 Å². The van der Waals surface area contributed by atoms with Crippen molar-refractivity contribution >= 4 is 11.9 Å². The van der Waals surface area contributed by atoms with Crippen LogP contribution in [-0.4, -0.2) is 17.0 Å². The van der Waals surface area contributed by atoms with E-state index in [0.717, 1.165) is 32.1 Å². The number of aliphatic carboxylic acids is 2. The summed E-state index contributed by atoms with van der Waals surface area (Å²) in [5.41, 5.74) is 0. The molecule has 0 saturated heterocycles. The zero-order chi connectivity index (χ0) is 15.6. The minimum absolute atomic E-state index is 0. The molecule has 0 aliphatic carbocycles. The third-order valence-corrected chi connectivity index (χ3v) is 2.98. The molecule has 0 bridgehead atoms. The van der Waals surface area contributed by atoms with Crippen molar-refractivity contribution in [3.05, 3.63) is 0 Å². The molecule has 1 N–H and O–H groups in total. The summed E-state index contributed by atoms with van der Waals surface area (Å²) in [7, 11) is 0. The summed E-state index contributed by atoms with van der Waals surface area (Å²) in [6, 6.07) is 0. The minimum atomic E-state index is -0.920. The van der Waals surface area contributed by atoms with E-state index in [1.54, 1.807) is 0 Å². The van der Waals surface area contributed by atoms with Gasteiger partial charge in [0.15, 0.2) is 0 Å². The van der Waals surface area contributed by atoms with Gasteiger partial charge >= 0.3 is 57.4 Å². The van der Waals surface area contributed by atoms with Crippen molar-refractivity contribution in [2.75, 3.05) is 0 Å². The fourth-order valence-corrected chi connectivity index (χ4v) is 1.75. The van der Waals surface area contributed by atoms with E-state index in [1.165, 1.54) is 32.1 Å². The molecule has 5 heteroatoms. The molecule has 0 heterocycles. The fraction of sp³-hybridized carbons (Fsp3) is 0.875. The zero-order valence-corrected chi connectivity index (χ0v) is 17.3. The molecule has 0 aliphatic rings. The number of carboxylic acid groups (broad SMARTS) is 2. The van der Waals surface area contributed by atoms with Crippen LogP contribution in [0.15, 0.2) is 0 Å². The first-order chi connectivity index (χ1) is 9.54. The maximum Gasteiger partial charge on any atom is 1.00 e. The molecular weight excluding hydrogens is 295 g/mol. The van der Waals surface area contributed by atoms with Gasteiger partial charge < -0.3 is 15.0 Å². The van der Waals surface area contributed by atoms with Gasteiger partial charge in [-0.05, 0) is 19.3 Å². The number of carboxylic acids is 2. The average Bonchev–Trinajstić information content (AvgIpc) is 2.38. The van der Waals surface area contributed by atoms with E-state index < -0.39 is 11.9 Å². The monoisotopic (exact) mass is 326 g/mol. The fourth-order valence-electron chi connectivity index (χ4n) is 1.75. The molecule has 0 spiro atoms. The topological polar surface area (TPSA) is 77.4 Å². The van der Waals surface area contributed by atoms with Gasteiger partial charge in [0.2, 0.25) is 0 Å². The molecule has 120 valence electrons. The van der Waals surface area contributed by atoms with Crippen LogP contribution in [0.1, 0.15) is 90.9 Å². The Morgan fingerprint density at radius 2 is 1.14 bits per heavy atom. The third kappa shape index (κ3) is 33.4. The minimum Gasteiger partial charge on any atom is -0.550 e. The number of carbonyl (C=O) groups excluding carboxylic acids is 1. The van der Waals surface area contributed by atoms with Crippen LogP contribution in [0.25, 0.3) is 0 Å². The van der Waals surface area contributed by atoms with Crippen LogP contribution < -0.4 is 56.5 Å². The molecule has 0 aliphatic heterocycles. The second-order valence-corrected chi connectivity index (χ2v) is 5.09. The van der Waals surface area contributed by atoms with Gasteiger partial charge in [0.05, 0.1) is 0 Å². The number of unbranched alkanes of at least 4 members (excludes halogenated alkanes) is 8. The van der Waals surface area contributed by atoms with E-state index in [9.17, 15) is 14.7 Å². The van der Waals surface area contributed by atoms with Gasteiger partial charge in [0.1, 0.15) is 0 Å². The molecular formula is C16H31KO4. The van der Waals surface area contributed by atoms with Crippen LogP contribution in [0.5, 0.6) is 0 Å². The predicted octanol–water partition coefficient (Wildman–Crippen LogP) is 0.532. The maximum atomic E-state index is 10.0. The van der Waals surface area contributed by atoms with Crippen molar-refractivity contribution in [3.63, 3.8) is 0 Å². The van der Waals surface area contributed by atoms with Gasteiger partial charge in [0.25, 0.3) is 0 Å². The molecule has 0 amide bonds. The normalized spacial score (nSPS) is 9.24. The number of hydrogen-bond acceptors (Lipinski definition) is 3. The molecule has 0 radical (unpaired) electrons. The van der Waals surface area contributed by atoms with E-state index in [2.05, 4.69) is 13.8 Å². The Kier molecular flexibility index (Phi) is 28.8. The molecule has 0 saturated carbocycles. The molecule has 0 unspecified atom stereocenters. The van der Waals surface area contributed by atoms with E-state index in [1.807, 2.05) is 0 Å². The standard InChI is InChI=1S/2C8H16O2.K/c2*1-2-3-4-5-6-7-8(9)10;/h2*2-7H2,1H3,(H,9,10);/q;;+1/p-1. The first-order valence-corrected chi connectivity index (χ1v) is 7.96. The Morgan fingerprint density at radius 1 is 0.762 bits per heavy atom. The average molecular weight is 327 g/mol. The van der Waals surface area contributed by atoms with Gasteiger partial charge in [-0.15, -0.1) is 0 Å². The van der Waals surface area contributed by atoms with E-state index in [-0.39, 0.29) is 57.8 Å². The molecule has 0 aromatic carbocycles. The number of hydrogen-bond donors (Lipinski definition) is 1. The van der Waals surface area contributed by atoms with Crippen LogP contribution in [0.4, 0.5) is 0 Å². The largest absolute Gasteiger partial charge is 1.00 e. The maximum absolute atomic E-state index is 10.0. The third-order valence-electron chi connectivity index (χ3n) is 2.98. The first-order valence-electron chi connectivity index (χ1n) is 7.96. The summed E-state index contributed by atoms with van der Waals surface area (Å²) >= 11 is 0. The molecule has 4 nitrogen and oxygen atoms in total. The quantitative estimate of drug-likeness (QED) is 0.419. The van der Waals surface area contributed by atoms with Crippen molar-refractivity contribution in [1.29, 1.82) is 0 Å².